The van der Waals surface area contributed by atoms with Crippen LogP contribution in [0.3, 0.4) is 0 Å². The fraction of sp³-hybridized carbons (Fsp3) is 0.545. The molecular weight excluding hydrogens is 208 g/mol. The third-order valence-electron chi connectivity index (χ3n) is 1.99. The second-order valence-electron chi connectivity index (χ2n) is 3.36. The quantitative estimate of drug-likeness (QED) is 0.690. The molecule has 1 rings (SSSR count). The second-order valence-corrected chi connectivity index (χ2v) is 4.39. The fourth-order valence-electron chi connectivity index (χ4n) is 1.22. The molecule has 0 aliphatic rings. The Morgan fingerprint density at radius 1 is 1.47 bits per heavy atom. The minimum Gasteiger partial charge on any atom is -0.355 e. The molecule has 1 heterocycles. The standard InChI is InChI=1S/C11H18N2OS/c1-2-6-12-9-11(14)13-7-5-10-4-3-8-15-10/h3-4,8,12H,2,5-7,9H2,1H3,(H,13,14). The Bertz CT molecular complexity index is 272. The number of thiophene rings is 1. The number of carbonyl (C=O) groups is 1. The number of hydrogen-bond acceptors (Lipinski definition) is 3. The van der Waals surface area contributed by atoms with Gasteiger partial charge in [0.05, 0.1) is 6.54 Å². The molecule has 4 heteroatoms. The van der Waals surface area contributed by atoms with E-state index in [4.69, 9.17) is 0 Å². The molecule has 3 nitrogen and oxygen atoms in total. The molecule has 0 saturated heterocycles. The molecule has 1 amide bonds. The van der Waals surface area contributed by atoms with Gasteiger partial charge in [-0.1, -0.05) is 13.0 Å². The van der Waals surface area contributed by atoms with E-state index in [1.165, 1.54) is 4.88 Å². The van der Waals surface area contributed by atoms with E-state index in [2.05, 4.69) is 29.0 Å². The summed E-state index contributed by atoms with van der Waals surface area (Å²) >= 11 is 1.73. The van der Waals surface area contributed by atoms with E-state index in [0.29, 0.717) is 6.54 Å². The summed E-state index contributed by atoms with van der Waals surface area (Å²) < 4.78 is 0. The highest BCUT2D eigenvalue weighted by molar-refractivity contribution is 7.09. The van der Waals surface area contributed by atoms with Crippen molar-refractivity contribution in [2.75, 3.05) is 19.6 Å². The maximum atomic E-state index is 11.3. The Balaban J connectivity index is 2.02. The van der Waals surface area contributed by atoms with Crippen LogP contribution in [0.4, 0.5) is 0 Å². The molecule has 0 atom stereocenters. The predicted octanol–water partition coefficient (Wildman–Crippen LogP) is 1.41. The van der Waals surface area contributed by atoms with Gasteiger partial charge in [-0.05, 0) is 30.8 Å². The van der Waals surface area contributed by atoms with Gasteiger partial charge in [-0.15, -0.1) is 11.3 Å². The molecule has 1 aromatic heterocycles. The molecule has 0 saturated carbocycles. The topological polar surface area (TPSA) is 41.1 Å². The summed E-state index contributed by atoms with van der Waals surface area (Å²) in [4.78, 5) is 12.6. The zero-order valence-electron chi connectivity index (χ0n) is 9.08. The normalized spacial score (nSPS) is 10.2. The minimum absolute atomic E-state index is 0.0833. The van der Waals surface area contributed by atoms with Gasteiger partial charge in [0.1, 0.15) is 0 Å². The molecule has 0 aromatic carbocycles. The molecule has 0 aliphatic heterocycles. The minimum atomic E-state index is 0.0833. The van der Waals surface area contributed by atoms with Crippen molar-refractivity contribution < 1.29 is 4.79 Å². The highest BCUT2D eigenvalue weighted by atomic mass is 32.1. The van der Waals surface area contributed by atoms with Crippen molar-refractivity contribution in [1.82, 2.24) is 10.6 Å². The maximum absolute atomic E-state index is 11.3. The van der Waals surface area contributed by atoms with Gasteiger partial charge in [0.2, 0.25) is 5.91 Å². The zero-order valence-corrected chi connectivity index (χ0v) is 9.90. The first-order valence-corrected chi connectivity index (χ1v) is 6.20. The highest BCUT2D eigenvalue weighted by Crippen LogP contribution is 2.07. The second kappa shape index (κ2) is 7.43. The van der Waals surface area contributed by atoms with E-state index in [0.717, 1.165) is 25.9 Å². The van der Waals surface area contributed by atoms with Crippen LogP contribution in [0.25, 0.3) is 0 Å². The number of carbonyl (C=O) groups excluding carboxylic acids is 1. The Morgan fingerprint density at radius 2 is 2.33 bits per heavy atom. The number of rotatable bonds is 7. The van der Waals surface area contributed by atoms with Crippen LogP contribution in [0.15, 0.2) is 17.5 Å². The summed E-state index contributed by atoms with van der Waals surface area (Å²) in [5.41, 5.74) is 0. The Labute approximate surface area is 94.9 Å². The molecule has 1 aromatic rings. The first kappa shape index (κ1) is 12.2. The lowest BCUT2D eigenvalue weighted by molar-refractivity contribution is -0.120. The SMILES string of the molecule is CCCNCC(=O)NCCc1cccs1. The van der Waals surface area contributed by atoms with E-state index >= 15 is 0 Å². The van der Waals surface area contributed by atoms with Gasteiger partial charge in [0.25, 0.3) is 0 Å². The first-order valence-electron chi connectivity index (χ1n) is 5.32. The Morgan fingerprint density at radius 3 is 3.00 bits per heavy atom. The highest BCUT2D eigenvalue weighted by Gasteiger charge is 1.99. The number of nitrogens with one attached hydrogen (secondary N) is 2. The van der Waals surface area contributed by atoms with E-state index < -0.39 is 0 Å². The smallest absolute Gasteiger partial charge is 0.233 e. The molecule has 0 bridgehead atoms. The monoisotopic (exact) mass is 226 g/mol. The molecular formula is C11H18N2OS. The molecule has 0 spiro atoms. The van der Waals surface area contributed by atoms with Crippen LogP contribution >= 0.6 is 11.3 Å². The van der Waals surface area contributed by atoms with Gasteiger partial charge in [0, 0.05) is 11.4 Å². The Hall–Kier alpha value is -0.870. The molecule has 0 fully saturated rings. The third-order valence-corrected chi connectivity index (χ3v) is 2.92. The van der Waals surface area contributed by atoms with Gasteiger partial charge < -0.3 is 10.6 Å². The van der Waals surface area contributed by atoms with E-state index in [9.17, 15) is 4.79 Å². The third kappa shape index (κ3) is 5.54. The summed E-state index contributed by atoms with van der Waals surface area (Å²) in [6.07, 6.45) is 1.99. The average Bonchev–Trinajstić information content (AvgIpc) is 2.71. The molecule has 0 aliphatic carbocycles. The zero-order chi connectivity index (χ0) is 10.9. The summed E-state index contributed by atoms with van der Waals surface area (Å²) in [5, 5.41) is 8.01. The summed E-state index contributed by atoms with van der Waals surface area (Å²) in [5.74, 6) is 0.0833. The van der Waals surface area contributed by atoms with Gasteiger partial charge in [-0.2, -0.15) is 0 Å². The summed E-state index contributed by atoms with van der Waals surface area (Å²) in [6, 6.07) is 4.12. The van der Waals surface area contributed by atoms with Crippen molar-refractivity contribution in [3.63, 3.8) is 0 Å². The van der Waals surface area contributed by atoms with Crippen LogP contribution in [0, 0.1) is 0 Å². The Kier molecular flexibility index (Phi) is 6.04. The van der Waals surface area contributed by atoms with Crippen LogP contribution in [0.5, 0.6) is 0 Å². The van der Waals surface area contributed by atoms with E-state index in [1.54, 1.807) is 11.3 Å². The van der Waals surface area contributed by atoms with E-state index in [1.807, 2.05) is 6.07 Å². The van der Waals surface area contributed by atoms with Crippen LogP contribution in [0.2, 0.25) is 0 Å². The van der Waals surface area contributed by atoms with Crippen LogP contribution in [-0.4, -0.2) is 25.5 Å². The van der Waals surface area contributed by atoms with Crippen LogP contribution in [0.1, 0.15) is 18.2 Å². The van der Waals surface area contributed by atoms with Gasteiger partial charge in [0.15, 0.2) is 0 Å². The van der Waals surface area contributed by atoms with Crippen molar-refractivity contribution in [2.24, 2.45) is 0 Å². The predicted molar refractivity (Wildman–Crippen MR) is 64.2 cm³/mol. The van der Waals surface area contributed by atoms with Crippen molar-refractivity contribution in [1.29, 1.82) is 0 Å². The number of hydrogen-bond donors (Lipinski definition) is 2. The summed E-state index contributed by atoms with van der Waals surface area (Å²) in [7, 11) is 0. The molecule has 84 valence electrons. The van der Waals surface area contributed by atoms with Crippen LogP contribution < -0.4 is 10.6 Å². The lowest BCUT2D eigenvalue weighted by Crippen LogP contribution is -2.35. The van der Waals surface area contributed by atoms with Gasteiger partial charge >= 0.3 is 0 Å². The molecule has 0 radical (unpaired) electrons. The number of amides is 1. The van der Waals surface area contributed by atoms with Crippen molar-refractivity contribution >= 4 is 17.2 Å². The summed E-state index contributed by atoms with van der Waals surface area (Å²) in [6.45, 7) is 4.14. The molecule has 2 N–H and O–H groups in total. The fourth-order valence-corrected chi connectivity index (χ4v) is 1.93. The van der Waals surface area contributed by atoms with Crippen molar-refractivity contribution in [3.8, 4) is 0 Å². The maximum Gasteiger partial charge on any atom is 0.233 e. The van der Waals surface area contributed by atoms with Crippen LogP contribution in [-0.2, 0) is 11.2 Å². The molecule has 15 heavy (non-hydrogen) atoms. The van der Waals surface area contributed by atoms with Crippen molar-refractivity contribution in [2.45, 2.75) is 19.8 Å². The first-order chi connectivity index (χ1) is 7.33. The largest absolute Gasteiger partial charge is 0.355 e. The average molecular weight is 226 g/mol. The van der Waals surface area contributed by atoms with Gasteiger partial charge in [-0.25, -0.2) is 0 Å². The molecule has 0 unspecified atom stereocenters. The van der Waals surface area contributed by atoms with E-state index in [-0.39, 0.29) is 5.91 Å². The van der Waals surface area contributed by atoms with Gasteiger partial charge in [-0.3, -0.25) is 4.79 Å². The lowest BCUT2D eigenvalue weighted by atomic mass is 10.3. The van der Waals surface area contributed by atoms with Crippen molar-refractivity contribution in [3.05, 3.63) is 22.4 Å². The lowest BCUT2D eigenvalue weighted by Gasteiger charge is -2.04.